The molecule has 0 saturated heterocycles. The summed E-state index contributed by atoms with van der Waals surface area (Å²) in [4.78, 5) is -0.130. The molecule has 0 aliphatic carbocycles. The molecule has 35 heavy (non-hydrogen) atoms. The first kappa shape index (κ1) is 25.8. The molecule has 0 aliphatic heterocycles. The van der Waals surface area contributed by atoms with Crippen LogP contribution in [0.4, 0.5) is 18.9 Å². The van der Waals surface area contributed by atoms with Crippen molar-refractivity contribution in [3.8, 4) is 17.9 Å². The van der Waals surface area contributed by atoms with E-state index in [9.17, 15) is 26.7 Å². The SMILES string of the molecule is CC(C)N(c1ccc(C(O)(C#Cc2ccccc2)C(F)(F)F)cc1)S(=O)(=O)c1cccc(C#N)c1. The molecule has 5 nitrogen and oxygen atoms in total. The Bertz CT molecular complexity index is 1400. The monoisotopic (exact) mass is 498 g/mol. The Kier molecular flexibility index (Phi) is 7.25. The molecule has 3 aromatic rings. The van der Waals surface area contributed by atoms with Crippen molar-refractivity contribution in [1.82, 2.24) is 0 Å². The lowest BCUT2D eigenvalue weighted by Gasteiger charge is -2.30. The molecule has 0 aliphatic rings. The minimum Gasteiger partial charge on any atom is -0.366 e. The van der Waals surface area contributed by atoms with Crippen molar-refractivity contribution in [3.63, 3.8) is 0 Å². The number of rotatable bonds is 5. The van der Waals surface area contributed by atoms with Crippen molar-refractivity contribution < 1.29 is 26.7 Å². The summed E-state index contributed by atoms with van der Waals surface area (Å²) in [5, 5.41) is 19.7. The van der Waals surface area contributed by atoms with Gasteiger partial charge in [-0.25, -0.2) is 8.42 Å². The molecule has 1 atom stereocenters. The van der Waals surface area contributed by atoms with Gasteiger partial charge in [-0.3, -0.25) is 4.31 Å². The number of hydrogen-bond acceptors (Lipinski definition) is 4. The number of alkyl halides is 3. The van der Waals surface area contributed by atoms with Gasteiger partial charge in [-0.15, -0.1) is 0 Å². The van der Waals surface area contributed by atoms with Gasteiger partial charge in [0.1, 0.15) is 0 Å². The number of halogens is 3. The maximum Gasteiger partial charge on any atom is 0.433 e. The van der Waals surface area contributed by atoms with Crippen molar-refractivity contribution in [1.29, 1.82) is 5.26 Å². The highest BCUT2D eigenvalue weighted by Crippen LogP contribution is 2.39. The van der Waals surface area contributed by atoms with Crippen LogP contribution in [-0.2, 0) is 15.6 Å². The van der Waals surface area contributed by atoms with Crippen molar-refractivity contribution in [2.75, 3.05) is 4.31 Å². The van der Waals surface area contributed by atoms with Gasteiger partial charge < -0.3 is 5.11 Å². The van der Waals surface area contributed by atoms with Gasteiger partial charge in [-0.2, -0.15) is 18.4 Å². The lowest BCUT2D eigenvalue weighted by molar-refractivity contribution is -0.240. The van der Waals surface area contributed by atoms with Crippen LogP contribution in [0.15, 0.2) is 83.8 Å². The Labute approximate surface area is 202 Å². The average Bonchev–Trinajstić information content (AvgIpc) is 2.82. The molecule has 0 heterocycles. The van der Waals surface area contributed by atoms with E-state index in [1.54, 1.807) is 32.0 Å². The van der Waals surface area contributed by atoms with E-state index in [-0.39, 0.29) is 16.1 Å². The summed E-state index contributed by atoms with van der Waals surface area (Å²) in [6.07, 6.45) is -5.11. The van der Waals surface area contributed by atoms with E-state index < -0.39 is 33.4 Å². The maximum atomic E-state index is 13.9. The third kappa shape index (κ3) is 5.32. The Morgan fingerprint density at radius 2 is 1.51 bits per heavy atom. The Balaban J connectivity index is 2.05. The second-order valence-corrected chi connectivity index (χ2v) is 9.72. The zero-order chi connectivity index (χ0) is 25.9. The molecule has 0 fully saturated rings. The summed E-state index contributed by atoms with van der Waals surface area (Å²) in [7, 11) is -4.14. The van der Waals surface area contributed by atoms with Crippen molar-refractivity contribution in [2.45, 2.75) is 36.6 Å². The standard InChI is InChI=1S/C26H21F3N2O3S/c1-19(2)31(35(33,34)24-10-6-9-21(17-24)18-30)23-13-11-22(12-14-23)25(32,26(27,28)29)16-15-20-7-4-3-5-8-20/h3-14,17,19,32H,1-2H3. The van der Waals surface area contributed by atoms with Crippen LogP contribution in [-0.4, -0.2) is 25.7 Å². The maximum absolute atomic E-state index is 13.9. The van der Waals surface area contributed by atoms with Gasteiger partial charge in [0.2, 0.25) is 5.60 Å². The van der Waals surface area contributed by atoms with Crippen LogP contribution in [0.25, 0.3) is 0 Å². The molecule has 0 amide bonds. The van der Waals surface area contributed by atoms with Gasteiger partial charge in [-0.05, 0) is 62.2 Å². The first-order valence-electron chi connectivity index (χ1n) is 10.4. The zero-order valence-corrected chi connectivity index (χ0v) is 19.6. The third-order valence-electron chi connectivity index (χ3n) is 5.10. The van der Waals surface area contributed by atoms with Crippen LogP contribution in [0, 0.1) is 23.2 Å². The molecule has 1 unspecified atom stereocenters. The van der Waals surface area contributed by atoms with Crippen LogP contribution >= 0.6 is 0 Å². The van der Waals surface area contributed by atoms with Crippen LogP contribution in [0.3, 0.4) is 0 Å². The van der Waals surface area contributed by atoms with E-state index >= 15 is 0 Å². The molecule has 0 aromatic heterocycles. The number of hydrogen-bond donors (Lipinski definition) is 1. The van der Waals surface area contributed by atoms with E-state index in [0.29, 0.717) is 5.56 Å². The number of aliphatic hydroxyl groups is 1. The number of anilines is 1. The van der Waals surface area contributed by atoms with Gasteiger partial charge in [0, 0.05) is 17.2 Å². The Morgan fingerprint density at radius 1 is 0.914 bits per heavy atom. The van der Waals surface area contributed by atoms with Crippen molar-refractivity contribution in [3.05, 3.63) is 95.6 Å². The largest absolute Gasteiger partial charge is 0.433 e. The lowest BCUT2D eigenvalue weighted by Crippen LogP contribution is -2.41. The molecule has 3 aromatic carbocycles. The minimum atomic E-state index is -5.11. The highest BCUT2D eigenvalue weighted by molar-refractivity contribution is 7.92. The molecule has 0 saturated carbocycles. The van der Waals surface area contributed by atoms with Crippen LogP contribution in [0.2, 0.25) is 0 Å². The first-order valence-corrected chi connectivity index (χ1v) is 11.9. The fraction of sp³-hybridized carbons (Fsp3) is 0.192. The average molecular weight is 499 g/mol. The molecular weight excluding hydrogens is 477 g/mol. The molecule has 0 spiro atoms. The fourth-order valence-electron chi connectivity index (χ4n) is 3.39. The Hall–Kier alpha value is -3.79. The normalized spacial score (nSPS) is 13.3. The lowest BCUT2D eigenvalue weighted by atomic mass is 9.93. The second kappa shape index (κ2) is 9.83. The van der Waals surface area contributed by atoms with Crippen molar-refractivity contribution >= 4 is 15.7 Å². The predicted molar refractivity (Wildman–Crippen MR) is 126 cm³/mol. The number of benzene rings is 3. The second-order valence-electron chi connectivity index (χ2n) is 7.91. The van der Waals surface area contributed by atoms with Crippen molar-refractivity contribution in [2.24, 2.45) is 0 Å². The summed E-state index contributed by atoms with van der Waals surface area (Å²) >= 11 is 0. The van der Waals surface area contributed by atoms with Crippen LogP contribution < -0.4 is 4.31 Å². The Morgan fingerprint density at radius 3 is 2.06 bits per heavy atom. The molecule has 9 heteroatoms. The van der Waals surface area contributed by atoms with E-state index in [2.05, 4.69) is 5.92 Å². The quantitative estimate of drug-likeness (QED) is 0.504. The molecule has 180 valence electrons. The van der Waals surface area contributed by atoms with Gasteiger partial charge in [-0.1, -0.05) is 42.3 Å². The van der Waals surface area contributed by atoms with E-state index in [1.807, 2.05) is 12.0 Å². The number of nitrogens with zero attached hydrogens (tertiary/aromatic N) is 2. The van der Waals surface area contributed by atoms with E-state index in [4.69, 9.17) is 5.26 Å². The topological polar surface area (TPSA) is 81.4 Å². The summed E-state index contributed by atoms with van der Waals surface area (Å²) < 4.78 is 69.3. The highest BCUT2D eigenvalue weighted by Gasteiger charge is 2.54. The summed E-state index contributed by atoms with van der Waals surface area (Å²) in [5.41, 5.74) is -3.48. The van der Waals surface area contributed by atoms with Crippen LogP contribution in [0.1, 0.15) is 30.5 Å². The van der Waals surface area contributed by atoms with E-state index in [1.165, 1.54) is 48.5 Å². The van der Waals surface area contributed by atoms with Gasteiger partial charge in [0.25, 0.3) is 10.0 Å². The first-order chi connectivity index (χ1) is 16.4. The van der Waals surface area contributed by atoms with E-state index in [0.717, 1.165) is 16.4 Å². The molecule has 3 rings (SSSR count). The molecular formula is C26H21F3N2O3S. The minimum absolute atomic E-state index is 0.0895. The summed E-state index contributed by atoms with van der Waals surface area (Å²) in [6, 6.07) is 19.0. The fourth-order valence-corrected chi connectivity index (χ4v) is 5.10. The zero-order valence-electron chi connectivity index (χ0n) is 18.8. The molecule has 0 radical (unpaired) electrons. The number of nitriles is 1. The number of sulfonamides is 1. The molecule has 1 N–H and O–H groups in total. The van der Waals surface area contributed by atoms with Gasteiger partial charge in [0.05, 0.1) is 22.2 Å². The third-order valence-corrected chi connectivity index (χ3v) is 7.10. The predicted octanol–water partition coefficient (Wildman–Crippen LogP) is 4.96. The molecule has 0 bridgehead atoms. The van der Waals surface area contributed by atoms with Gasteiger partial charge >= 0.3 is 6.18 Å². The van der Waals surface area contributed by atoms with Gasteiger partial charge in [0.15, 0.2) is 0 Å². The van der Waals surface area contributed by atoms with Crippen LogP contribution in [0.5, 0.6) is 0 Å². The highest BCUT2D eigenvalue weighted by atomic mass is 32.2. The summed E-state index contributed by atoms with van der Waals surface area (Å²) in [5.74, 6) is 4.28. The summed E-state index contributed by atoms with van der Waals surface area (Å²) in [6.45, 7) is 3.22. The smallest absolute Gasteiger partial charge is 0.366 e.